The molecule has 1 aromatic carbocycles. The van der Waals surface area contributed by atoms with Crippen molar-refractivity contribution >= 4 is 5.84 Å². The Labute approximate surface area is 112 Å². The van der Waals surface area contributed by atoms with Gasteiger partial charge in [-0.05, 0) is 25.3 Å². The average Bonchev–Trinajstić information content (AvgIpc) is 3.20. The van der Waals surface area contributed by atoms with E-state index >= 15 is 0 Å². The van der Waals surface area contributed by atoms with Gasteiger partial charge in [0, 0.05) is 18.2 Å². The lowest BCUT2D eigenvalue weighted by Crippen LogP contribution is -2.27. The molecule has 4 nitrogen and oxygen atoms in total. The zero-order chi connectivity index (χ0) is 13.8. The SMILES string of the molecule is CC(CC1CC1)NCc1cccc(/C(N)=N/O)c1F. The number of rotatable bonds is 6. The molecule has 1 unspecified atom stereocenters. The molecule has 1 aliphatic rings. The highest BCUT2D eigenvalue weighted by atomic mass is 19.1. The van der Waals surface area contributed by atoms with Crippen molar-refractivity contribution in [3.05, 3.63) is 35.1 Å². The molecule has 5 heteroatoms. The summed E-state index contributed by atoms with van der Waals surface area (Å²) in [6.45, 7) is 2.57. The maximum absolute atomic E-state index is 14.1. The summed E-state index contributed by atoms with van der Waals surface area (Å²) in [5.74, 6) is 0.213. The second-order valence-electron chi connectivity index (χ2n) is 5.22. The van der Waals surface area contributed by atoms with Crippen LogP contribution in [0.15, 0.2) is 23.4 Å². The van der Waals surface area contributed by atoms with E-state index in [1.165, 1.54) is 18.9 Å². The lowest BCUT2D eigenvalue weighted by Gasteiger charge is -2.14. The molecule has 1 saturated carbocycles. The highest BCUT2D eigenvalue weighted by Crippen LogP contribution is 2.33. The van der Waals surface area contributed by atoms with E-state index in [4.69, 9.17) is 10.9 Å². The van der Waals surface area contributed by atoms with Gasteiger partial charge in [0.1, 0.15) is 5.82 Å². The highest BCUT2D eigenvalue weighted by molar-refractivity contribution is 5.97. The van der Waals surface area contributed by atoms with Crippen LogP contribution in [0, 0.1) is 11.7 Å². The number of nitrogens with zero attached hydrogens (tertiary/aromatic N) is 1. The fourth-order valence-corrected chi connectivity index (χ4v) is 2.19. The van der Waals surface area contributed by atoms with Crippen LogP contribution in [0.2, 0.25) is 0 Å². The van der Waals surface area contributed by atoms with Crippen LogP contribution in [-0.4, -0.2) is 17.1 Å². The van der Waals surface area contributed by atoms with Crippen LogP contribution in [-0.2, 0) is 6.54 Å². The number of halogens is 1. The smallest absolute Gasteiger partial charge is 0.173 e. The molecule has 1 aromatic rings. The fraction of sp³-hybridized carbons (Fsp3) is 0.500. The van der Waals surface area contributed by atoms with Crippen molar-refractivity contribution in [2.45, 2.75) is 38.8 Å². The first-order valence-corrected chi connectivity index (χ1v) is 6.60. The Balaban J connectivity index is 1.99. The molecule has 0 heterocycles. The summed E-state index contributed by atoms with van der Waals surface area (Å²) in [5.41, 5.74) is 6.10. The van der Waals surface area contributed by atoms with E-state index in [1.807, 2.05) is 0 Å². The van der Waals surface area contributed by atoms with Crippen LogP contribution in [0.4, 0.5) is 4.39 Å². The maximum atomic E-state index is 14.1. The fourth-order valence-electron chi connectivity index (χ4n) is 2.19. The van der Waals surface area contributed by atoms with Crippen LogP contribution in [0.1, 0.15) is 37.3 Å². The molecule has 1 aliphatic carbocycles. The molecule has 0 amide bonds. The number of hydrogen-bond donors (Lipinski definition) is 3. The Morgan fingerprint density at radius 1 is 1.58 bits per heavy atom. The second kappa shape index (κ2) is 6.02. The molecule has 0 saturated heterocycles. The van der Waals surface area contributed by atoms with Crippen molar-refractivity contribution in [1.29, 1.82) is 0 Å². The van der Waals surface area contributed by atoms with Crippen LogP contribution < -0.4 is 11.1 Å². The summed E-state index contributed by atoms with van der Waals surface area (Å²) in [4.78, 5) is 0. The molecule has 0 aromatic heterocycles. The van der Waals surface area contributed by atoms with E-state index in [2.05, 4.69) is 17.4 Å². The molecule has 0 spiro atoms. The number of nitrogens with two attached hydrogens (primary N) is 1. The van der Waals surface area contributed by atoms with Crippen molar-refractivity contribution in [2.24, 2.45) is 16.8 Å². The predicted octanol–water partition coefficient (Wildman–Crippen LogP) is 2.20. The predicted molar refractivity (Wildman–Crippen MR) is 72.6 cm³/mol. The minimum atomic E-state index is -0.427. The van der Waals surface area contributed by atoms with E-state index in [1.54, 1.807) is 12.1 Å². The summed E-state index contributed by atoms with van der Waals surface area (Å²) < 4.78 is 14.1. The van der Waals surface area contributed by atoms with Crippen LogP contribution >= 0.6 is 0 Å². The van der Waals surface area contributed by atoms with Gasteiger partial charge >= 0.3 is 0 Å². The number of oxime groups is 1. The van der Waals surface area contributed by atoms with Gasteiger partial charge in [0.25, 0.3) is 0 Å². The number of amidine groups is 1. The molecule has 4 N–H and O–H groups in total. The maximum Gasteiger partial charge on any atom is 0.173 e. The zero-order valence-corrected chi connectivity index (χ0v) is 11.1. The highest BCUT2D eigenvalue weighted by Gasteiger charge is 2.23. The van der Waals surface area contributed by atoms with E-state index < -0.39 is 5.82 Å². The summed E-state index contributed by atoms with van der Waals surface area (Å²) in [6, 6.07) is 5.29. The Kier molecular flexibility index (Phi) is 4.37. The van der Waals surface area contributed by atoms with Crippen molar-refractivity contribution in [1.82, 2.24) is 5.32 Å². The van der Waals surface area contributed by atoms with Gasteiger partial charge in [0.05, 0.1) is 5.56 Å². The van der Waals surface area contributed by atoms with Gasteiger partial charge in [-0.25, -0.2) is 4.39 Å². The summed E-state index contributed by atoms with van der Waals surface area (Å²) in [7, 11) is 0. The number of benzene rings is 1. The van der Waals surface area contributed by atoms with E-state index in [-0.39, 0.29) is 11.4 Å². The van der Waals surface area contributed by atoms with Crippen LogP contribution in [0.5, 0.6) is 0 Å². The zero-order valence-electron chi connectivity index (χ0n) is 11.1. The molecule has 0 radical (unpaired) electrons. The van der Waals surface area contributed by atoms with Crippen molar-refractivity contribution < 1.29 is 9.60 Å². The van der Waals surface area contributed by atoms with E-state index in [0.717, 1.165) is 12.3 Å². The first-order valence-electron chi connectivity index (χ1n) is 6.60. The van der Waals surface area contributed by atoms with Gasteiger partial charge in [-0.1, -0.05) is 30.1 Å². The first kappa shape index (κ1) is 13.8. The van der Waals surface area contributed by atoms with Gasteiger partial charge in [-0.2, -0.15) is 0 Å². The third kappa shape index (κ3) is 3.67. The molecular formula is C14H20FN3O. The third-order valence-electron chi connectivity index (χ3n) is 3.49. The Hall–Kier alpha value is -1.62. The van der Waals surface area contributed by atoms with Gasteiger partial charge in [0.15, 0.2) is 5.84 Å². The standard InChI is InChI=1S/C14H20FN3O/c1-9(7-10-5-6-10)17-8-11-3-2-4-12(13(11)15)14(16)18-19/h2-4,9-10,17,19H,5-8H2,1H3,(H2,16,18). The van der Waals surface area contributed by atoms with Crippen molar-refractivity contribution in [3.8, 4) is 0 Å². The number of hydrogen-bond acceptors (Lipinski definition) is 3. The van der Waals surface area contributed by atoms with Gasteiger partial charge in [-0.15, -0.1) is 0 Å². The Bertz CT molecular complexity index is 472. The largest absolute Gasteiger partial charge is 0.409 e. The lowest BCUT2D eigenvalue weighted by atomic mass is 10.1. The molecule has 0 aliphatic heterocycles. The molecule has 1 atom stereocenters. The molecule has 2 rings (SSSR count). The number of nitrogens with one attached hydrogen (secondary N) is 1. The third-order valence-corrected chi connectivity index (χ3v) is 3.49. The summed E-state index contributed by atoms with van der Waals surface area (Å²) >= 11 is 0. The second-order valence-corrected chi connectivity index (χ2v) is 5.22. The van der Waals surface area contributed by atoms with Crippen LogP contribution in [0.25, 0.3) is 0 Å². The normalized spacial score (nSPS) is 17.5. The Morgan fingerprint density at radius 2 is 2.32 bits per heavy atom. The molecular weight excluding hydrogens is 245 g/mol. The topological polar surface area (TPSA) is 70.6 Å². The average molecular weight is 265 g/mol. The minimum Gasteiger partial charge on any atom is -0.409 e. The molecule has 104 valence electrons. The Morgan fingerprint density at radius 3 is 2.95 bits per heavy atom. The molecule has 1 fully saturated rings. The first-order chi connectivity index (χ1) is 9.11. The molecule has 0 bridgehead atoms. The van der Waals surface area contributed by atoms with Gasteiger partial charge < -0.3 is 16.3 Å². The molecule has 19 heavy (non-hydrogen) atoms. The van der Waals surface area contributed by atoms with Crippen molar-refractivity contribution in [3.63, 3.8) is 0 Å². The minimum absolute atomic E-state index is 0.136. The monoisotopic (exact) mass is 265 g/mol. The summed E-state index contributed by atoms with van der Waals surface area (Å²) in [6.07, 6.45) is 3.78. The van der Waals surface area contributed by atoms with Gasteiger partial charge in [-0.3, -0.25) is 0 Å². The lowest BCUT2D eigenvalue weighted by molar-refractivity contribution is 0.318. The quantitative estimate of drug-likeness (QED) is 0.319. The van der Waals surface area contributed by atoms with Gasteiger partial charge in [0.2, 0.25) is 0 Å². The van der Waals surface area contributed by atoms with Crippen molar-refractivity contribution in [2.75, 3.05) is 0 Å². The van der Waals surface area contributed by atoms with Crippen LogP contribution in [0.3, 0.4) is 0 Å². The van der Waals surface area contributed by atoms with E-state index in [0.29, 0.717) is 18.2 Å². The van der Waals surface area contributed by atoms with E-state index in [9.17, 15) is 4.39 Å². The summed E-state index contributed by atoms with van der Waals surface area (Å²) in [5, 5.41) is 14.8.